The van der Waals surface area contributed by atoms with E-state index in [9.17, 15) is 27.5 Å². The van der Waals surface area contributed by atoms with Gasteiger partial charge in [-0.05, 0) is 42.9 Å². The zero-order valence-electron chi connectivity index (χ0n) is 15.9. The number of halogens is 1. The fourth-order valence-electron chi connectivity index (χ4n) is 3.10. The van der Waals surface area contributed by atoms with Crippen molar-refractivity contribution < 1.29 is 32.3 Å². The predicted octanol–water partition coefficient (Wildman–Crippen LogP) is 1.94. The van der Waals surface area contributed by atoms with E-state index in [1.165, 1.54) is 31.4 Å². The molecule has 29 heavy (non-hydrogen) atoms. The maximum atomic E-state index is 13.0. The van der Waals surface area contributed by atoms with Crippen molar-refractivity contribution in [2.75, 3.05) is 7.11 Å². The Labute approximate surface area is 168 Å². The molecular weight excluding hydrogens is 403 g/mol. The van der Waals surface area contributed by atoms with Gasteiger partial charge in [0, 0.05) is 0 Å². The highest BCUT2D eigenvalue weighted by Gasteiger charge is 2.57. The minimum absolute atomic E-state index is 0.0657. The second-order valence-electron chi connectivity index (χ2n) is 7.48. The molecule has 3 rings (SSSR count). The first-order valence-electron chi connectivity index (χ1n) is 9.23. The van der Waals surface area contributed by atoms with Gasteiger partial charge in [-0.1, -0.05) is 25.0 Å². The van der Waals surface area contributed by atoms with Crippen molar-refractivity contribution in [1.29, 1.82) is 0 Å². The number of sulfonamides is 1. The van der Waals surface area contributed by atoms with E-state index >= 15 is 0 Å². The van der Waals surface area contributed by atoms with Gasteiger partial charge in [0.1, 0.15) is 5.82 Å². The summed E-state index contributed by atoms with van der Waals surface area (Å²) in [6.45, 7) is -0.0657. The van der Waals surface area contributed by atoms with Crippen molar-refractivity contribution in [1.82, 2.24) is 9.79 Å². The first-order valence-corrected chi connectivity index (χ1v) is 10.7. The van der Waals surface area contributed by atoms with Gasteiger partial charge in [0.2, 0.25) is 10.0 Å². The summed E-state index contributed by atoms with van der Waals surface area (Å²) < 4.78 is 38.9. The molecule has 2 N–H and O–H groups in total. The average Bonchev–Trinajstić information content (AvgIpc) is 3.58. The number of carbonyl (C=O) groups excluding carboxylic acids is 2. The fourth-order valence-corrected chi connectivity index (χ4v) is 4.75. The van der Waals surface area contributed by atoms with Gasteiger partial charge in [-0.15, -0.1) is 0 Å². The van der Waals surface area contributed by atoms with E-state index in [4.69, 9.17) is 4.84 Å². The maximum Gasteiger partial charge on any atom is 0.299 e. The van der Waals surface area contributed by atoms with Gasteiger partial charge in [-0.25, -0.2) is 22.6 Å². The second-order valence-corrected chi connectivity index (χ2v) is 9.56. The molecule has 0 bridgehead atoms. The van der Waals surface area contributed by atoms with Crippen molar-refractivity contribution in [3.05, 3.63) is 47.5 Å². The highest BCUT2D eigenvalue weighted by atomic mass is 32.2. The summed E-state index contributed by atoms with van der Waals surface area (Å²) in [5.74, 6) is -3.24. The molecule has 0 unspecified atom stereocenters. The Morgan fingerprint density at radius 2 is 1.93 bits per heavy atom. The Morgan fingerprint density at radius 3 is 2.45 bits per heavy atom. The summed E-state index contributed by atoms with van der Waals surface area (Å²) in [4.78, 5) is 29.3. The average molecular weight is 426 g/mol. The van der Waals surface area contributed by atoms with Gasteiger partial charge in [0.25, 0.3) is 11.8 Å². The number of nitrogens with zero attached hydrogens (tertiary/aromatic N) is 1. The number of aliphatic hydroxyl groups is 1. The molecule has 2 amide bonds. The standard InChI is InChI=1S/C19H23FN2O6S/c1-28-22(12-14-4-6-15(20)7-5-14)17(24)10-16(23)18(25)21-29(26,27)19(8-9-19)11-13-2-3-13/h4-7,10,13,23H,2-3,8-9,11-12H2,1H3,(H,21,25)/b16-10-. The number of hydrogen-bond donors (Lipinski definition) is 2. The van der Waals surface area contributed by atoms with E-state index in [1.807, 2.05) is 4.72 Å². The van der Waals surface area contributed by atoms with Gasteiger partial charge in [-0.2, -0.15) is 0 Å². The van der Waals surface area contributed by atoms with Crippen LogP contribution in [-0.2, 0) is 31.0 Å². The van der Waals surface area contributed by atoms with Crippen LogP contribution < -0.4 is 4.72 Å². The lowest BCUT2D eigenvalue weighted by Crippen LogP contribution is -2.41. The fraction of sp³-hybridized carbons (Fsp3) is 0.474. The largest absolute Gasteiger partial charge is 0.503 e. The topological polar surface area (TPSA) is 113 Å². The van der Waals surface area contributed by atoms with Crippen LogP contribution in [0.1, 0.15) is 37.7 Å². The Hall–Kier alpha value is -2.46. The molecule has 0 aliphatic heterocycles. The molecule has 1 aromatic carbocycles. The molecule has 0 radical (unpaired) electrons. The van der Waals surface area contributed by atoms with Gasteiger partial charge < -0.3 is 5.11 Å². The third kappa shape index (κ3) is 5.13. The first kappa shape index (κ1) is 21.3. The molecule has 2 saturated carbocycles. The number of hydroxylamine groups is 2. The molecule has 2 aliphatic rings. The second kappa shape index (κ2) is 8.11. The molecule has 0 atom stereocenters. The van der Waals surface area contributed by atoms with Crippen LogP contribution in [0.3, 0.4) is 0 Å². The zero-order chi connectivity index (χ0) is 21.2. The molecule has 10 heteroatoms. The van der Waals surface area contributed by atoms with Gasteiger partial charge >= 0.3 is 0 Å². The van der Waals surface area contributed by atoms with Crippen molar-refractivity contribution in [2.24, 2.45) is 5.92 Å². The van der Waals surface area contributed by atoms with Gasteiger partial charge in [0.05, 0.1) is 24.5 Å². The molecule has 0 spiro atoms. The van der Waals surface area contributed by atoms with Crippen molar-refractivity contribution in [3.8, 4) is 0 Å². The Kier molecular flexibility index (Phi) is 5.95. The van der Waals surface area contributed by atoms with Gasteiger partial charge in [-0.3, -0.25) is 14.4 Å². The van der Waals surface area contributed by atoms with E-state index < -0.39 is 38.2 Å². The summed E-state index contributed by atoms with van der Waals surface area (Å²) in [6, 6.07) is 5.34. The quantitative estimate of drug-likeness (QED) is 0.354. The number of hydrogen-bond acceptors (Lipinski definition) is 6. The lowest BCUT2D eigenvalue weighted by atomic mass is 10.2. The van der Waals surface area contributed by atoms with Crippen LogP contribution in [0.2, 0.25) is 0 Å². The minimum atomic E-state index is -3.95. The summed E-state index contributed by atoms with van der Waals surface area (Å²) in [6.07, 6.45) is 4.03. The third-order valence-electron chi connectivity index (χ3n) is 5.16. The minimum Gasteiger partial charge on any atom is -0.503 e. The number of amides is 2. The van der Waals surface area contributed by atoms with Crippen LogP contribution in [0.5, 0.6) is 0 Å². The third-order valence-corrected chi connectivity index (χ3v) is 7.33. The Balaban J connectivity index is 1.62. The molecule has 2 fully saturated rings. The SMILES string of the molecule is CON(Cc1ccc(F)cc1)C(=O)/C=C(\O)C(=O)NS(=O)(=O)C1(CC2CC2)CC1. The van der Waals surface area contributed by atoms with Crippen molar-refractivity contribution >= 4 is 21.8 Å². The molecular formula is C19H23FN2O6S. The first-order chi connectivity index (χ1) is 13.7. The zero-order valence-corrected chi connectivity index (χ0v) is 16.7. The van der Waals surface area contributed by atoms with Crippen LogP contribution in [0, 0.1) is 11.7 Å². The molecule has 2 aliphatic carbocycles. The molecule has 0 heterocycles. The van der Waals surface area contributed by atoms with E-state index in [0.29, 0.717) is 36.8 Å². The van der Waals surface area contributed by atoms with E-state index in [0.717, 1.165) is 17.9 Å². The smallest absolute Gasteiger partial charge is 0.299 e. The highest BCUT2D eigenvalue weighted by Crippen LogP contribution is 2.52. The summed E-state index contributed by atoms with van der Waals surface area (Å²) >= 11 is 0. The predicted molar refractivity (Wildman–Crippen MR) is 101 cm³/mol. The van der Waals surface area contributed by atoms with Crippen LogP contribution in [0.4, 0.5) is 4.39 Å². The number of benzene rings is 1. The van der Waals surface area contributed by atoms with Crippen molar-refractivity contribution in [2.45, 2.75) is 43.4 Å². The summed E-state index contributed by atoms with van der Waals surface area (Å²) in [5.41, 5.74) is 0.553. The normalized spacial score (nSPS) is 18.2. The van der Waals surface area contributed by atoms with Crippen LogP contribution in [0.15, 0.2) is 36.1 Å². The summed E-state index contributed by atoms with van der Waals surface area (Å²) in [7, 11) is -2.74. The lowest BCUT2D eigenvalue weighted by molar-refractivity contribution is -0.173. The lowest BCUT2D eigenvalue weighted by Gasteiger charge is -2.18. The van der Waals surface area contributed by atoms with E-state index in [2.05, 4.69) is 0 Å². The maximum absolute atomic E-state index is 13.0. The Bertz CT molecular complexity index is 921. The highest BCUT2D eigenvalue weighted by molar-refractivity contribution is 7.91. The number of aliphatic hydroxyl groups excluding tert-OH is 1. The number of carbonyl (C=O) groups is 2. The molecule has 0 saturated heterocycles. The summed E-state index contributed by atoms with van der Waals surface area (Å²) in [5, 5.41) is 10.7. The Morgan fingerprint density at radius 1 is 1.31 bits per heavy atom. The molecule has 158 valence electrons. The monoisotopic (exact) mass is 426 g/mol. The van der Waals surface area contributed by atoms with E-state index in [-0.39, 0.29) is 6.54 Å². The molecule has 8 nitrogen and oxygen atoms in total. The van der Waals surface area contributed by atoms with Crippen LogP contribution >= 0.6 is 0 Å². The van der Waals surface area contributed by atoms with E-state index in [1.54, 1.807) is 0 Å². The molecule has 0 aromatic heterocycles. The number of nitrogens with one attached hydrogen (secondary N) is 1. The number of rotatable bonds is 9. The van der Waals surface area contributed by atoms with Crippen molar-refractivity contribution in [3.63, 3.8) is 0 Å². The van der Waals surface area contributed by atoms with Crippen LogP contribution in [-0.4, -0.2) is 42.3 Å². The molecule has 1 aromatic rings. The van der Waals surface area contributed by atoms with Gasteiger partial charge in [0.15, 0.2) is 5.76 Å². The van der Waals surface area contributed by atoms with Crippen LogP contribution in [0.25, 0.3) is 0 Å².